The molecule has 0 aromatic heterocycles. The van der Waals surface area contributed by atoms with E-state index in [1.807, 2.05) is 13.8 Å². The van der Waals surface area contributed by atoms with E-state index in [2.05, 4.69) is 55.4 Å². The Bertz CT molecular complexity index is 24.3. The minimum Gasteiger partial charge on any atom is -0.0683 e. The van der Waals surface area contributed by atoms with Crippen molar-refractivity contribution >= 4 is 0 Å². The lowest BCUT2D eigenvalue weighted by atomic mass is 10.3. The molecule has 0 aliphatic heterocycles. The van der Waals surface area contributed by atoms with Crippen molar-refractivity contribution in [1.29, 1.82) is 0 Å². The summed E-state index contributed by atoms with van der Waals surface area (Å²) in [4.78, 5) is 0. The molecule has 0 nitrogen and oxygen atoms in total. The lowest BCUT2D eigenvalue weighted by molar-refractivity contribution is 0.772. The molecule has 0 heterocycles. The molecule has 0 bridgehead atoms. The smallest absolute Gasteiger partial charge is 0.0538 e. The van der Waals surface area contributed by atoms with Crippen molar-refractivity contribution in [3.05, 3.63) is 0 Å². The van der Waals surface area contributed by atoms with Gasteiger partial charge in [0.2, 0.25) is 0 Å². The normalized spacial score (nSPS) is 6.38. The third-order valence-electron chi connectivity index (χ3n) is 0.707. The van der Waals surface area contributed by atoms with Crippen LogP contribution in [0.2, 0.25) is 0 Å². The number of hydrogen-bond acceptors (Lipinski definition) is 0. The summed E-state index contributed by atoms with van der Waals surface area (Å²) in [5.74, 6) is 0. The first kappa shape index (κ1) is 29.8. The fourth-order valence-corrected chi connectivity index (χ4v) is 0.354. The Kier molecular flexibility index (Phi) is 152. The summed E-state index contributed by atoms with van der Waals surface area (Å²) in [5, 5.41) is 0. The van der Waals surface area contributed by atoms with Crippen LogP contribution in [0.25, 0.3) is 0 Å². The maximum absolute atomic E-state index is 2.21. The molecule has 0 amide bonds. The molecule has 0 N–H and O–H groups in total. The molecule has 0 rings (SSSR count). The van der Waals surface area contributed by atoms with Gasteiger partial charge >= 0.3 is 0 Å². The molecule has 0 aliphatic carbocycles. The molecule has 16 heavy (non-hydrogen) atoms. The summed E-state index contributed by atoms with van der Waals surface area (Å²) in [6.07, 6.45) is 7.83. The van der Waals surface area contributed by atoms with E-state index >= 15 is 0 Å². The van der Waals surface area contributed by atoms with Crippen LogP contribution in [-0.4, -0.2) is 0 Å². The van der Waals surface area contributed by atoms with Crippen molar-refractivity contribution in [1.82, 2.24) is 0 Å². The van der Waals surface area contributed by atoms with Crippen molar-refractivity contribution in [3.8, 4) is 0 Å². The number of unbranched alkanes of at least 4 members (excludes halogenated alkanes) is 2. The van der Waals surface area contributed by atoms with Crippen LogP contribution < -0.4 is 0 Å². The van der Waals surface area contributed by atoms with Gasteiger partial charge in [0.05, 0.1) is 0 Å². The second-order valence-electron chi connectivity index (χ2n) is 3.47. The molecule has 0 aliphatic rings. The highest BCUT2D eigenvalue weighted by Crippen LogP contribution is 1.88. The molecule has 0 spiro atoms. The Balaban J connectivity index is -0.0000000329. The van der Waals surface area contributed by atoms with Gasteiger partial charge in [-0.15, -0.1) is 0 Å². The molecule has 0 aromatic carbocycles. The van der Waals surface area contributed by atoms with E-state index in [1.165, 1.54) is 38.5 Å². The van der Waals surface area contributed by atoms with Gasteiger partial charge in [0.1, 0.15) is 0 Å². The van der Waals surface area contributed by atoms with Gasteiger partial charge in [-0.1, -0.05) is 108 Å². The second kappa shape index (κ2) is 81.7. The van der Waals surface area contributed by atoms with Crippen LogP contribution in [-0.2, 0) is 0 Å². The minimum atomic E-state index is 1.25. The first-order valence-corrected chi connectivity index (χ1v) is 7.66. The van der Waals surface area contributed by atoms with E-state index in [9.17, 15) is 0 Å². The summed E-state index contributed by atoms with van der Waals surface area (Å²) in [6.45, 7) is 21.2. The predicted octanol–water partition coefficient (Wildman–Crippen LogP) is 7.47. The van der Waals surface area contributed by atoms with E-state index in [1.54, 1.807) is 0 Å². The fourth-order valence-electron chi connectivity index (χ4n) is 0.354. The summed E-state index contributed by atoms with van der Waals surface area (Å²) in [6, 6.07) is 0. The molecule has 0 heteroatoms. The van der Waals surface area contributed by atoms with Crippen LogP contribution in [0.15, 0.2) is 0 Å². The van der Waals surface area contributed by atoms with Crippen molar-refractivity contribution < 1.29 is 0 Å². The highest BCUT2D eigenvalue weighted by Gasteiger charge is 1.68. The summed E-state index contributed by atoms with van der Waals surface area (Å²) in [7, 11) is 0. The van der Waals surface area contributed by atoms with Gasteiger partial charge in [-0.05, 0) is 0 Å². The predicted molar refractivity (Wildman–Crippen MR) is 84.4 cm³/mol. The Morgan fingerprint density at radius 3 is 0.562 bits per heavy atom. The van der Waals surface area contributed by atoms with Gasteiger partial charge in [-0.25, -0.2) is 0 Å². The number of rotatable bonds is 2. The largest absolute Gasteiger partial charge is 0.0683 e. The van der Waals surface area contributed by atoms with E-state index in [-0.39, 0.29) is 0 Å². The molecule has 0 unspecified atom stereocenters. The van der Waals surface area contributed by atoms with Gasteiger partial charge in [-0.2, -0.15) is 0 Å². The molecule has 0 saturated carbocycles. The maximum atomic E-state index is 2.21. The molecular weight excluding hydrogens is 192 g/mol. The molecule has 0 radical (unpaired) electrons. The molecule has 0 aromatic rings. The Hall–Kier alpha value is 0. The van der Waals surface area contributed by atoms with Gasteiger partial charge in [0.25, 0.3) is 0 Å². The SMILES string of the molecule is CC.CCC.CCC.CCC.CCCCC. The van der Waals surface area contributed by atoms with Crippen LogP contribution in [0.1, 0.15) is 108 Å². The Morgan fingerprint density at radius 2 is 0.562 bits per heavy atom. The molecular formula is C16H42. The lowest BCUT2D eigenvalue weighted by Crippen LogP contribution is -1.59. The van der Waals surface area contributed by atoms with Crippen molar-refractivity contribution in [2.45, 2.75) is 108 Å². The molecule has 0 atom stereocenters. The standard InChI is InChI=1S/C5H12.3C3H8.C2H6/c1-3-5-4-2;3*1-3-2;1-2/h3-5H2,1-2H3;3*3H2,1-2H3;1-2H3. The van der Waals surface area contributed by atoms with Gasteiger partial charge in [0, 0.05) is 0 Å². The topological polar surface area (TPSA) is 0 Å². The highest BCUT2D eigenvalue weighted by molar-refractivity contribution is 4.24. The average Bonchev–Trinajstić information content (AvgIpc) is 2.25. The van der Waals surface area contributed by atoms with Gasteiger partial charge in [-0.3, -0.25) is 0 Å². The Morgan fingerprint density at radius 1 is 0.438 bits per heavy atom. The monoisotopic (exact) mass is 234 g/mol. The number of hydrogen-bond donors (Lipinski definition) is 0. The van der Waals surface area contributed by atoms with Gasteiger partial charge < -0.3 is 0 Å². The summed E-state index contributed by atoms with van der Waals surface area (Å²) >= 11 is 0. The van der Waals surface area contributed by atoms with Crippen molar-refractivity contribution in [3.63, 3.8) is 0 Å². The average molecular weight is 235 g/mol. The van der Waals surface area contributed by atoms with Crippen LogP contribution in [0.4, 0.5) is 0 Å². The maximum Gasteiger partial charge on any atom is -0.0538 e. The quantitative estimate of drug-likeness (QED) is 0.465. The Labute approximate surface area is 108 Å². The van der Waals surface area contributed by atoms with Crippen LogP contribution in [0.3, 0.4) is 0 Å². The third kappa shape index (κ3) is 592. The zero-order chi connectivity index (χ0) is 14.2. The summed E-state index contributed by atoms with van der Waals surface area (Å²) in [5.41, 5.74) is 0. The third-order valence-corrected chi connectivity index (χ3v) is 0.707. The molecule has 0 saturated heterocycles. The fraction of sp³-hybridized carbons (Fsp3) is 1.00. The van der Waals surface area contributed by atoms with E-state index in [0.717, 1.165) is 0 Å². The van der Waals surface area contributed by atoms with E-state index in [4.69, 9.17) is 0 Å². The van der Waals surface area contributed by atoms with E-state index < -0.39 is 0 Å². The lowest BCUT2D eigenvalue weighted by Gasteiger charge is -1.79. The molecule has 0 fully saturated rings. The first-order chi connectivity index (χ1) is 7.66. The van der Waals surface area contributed by atoms with E-state index in [0.29, 0.717) is 0 Å². The van der Waals surface area contributed by atoms with Crippen LogP contribution in [0, 0.1) is 0 Å². The zero-order valence-corrected chi connectivity index (χ0v) is 14.2. The van der Waals surface area contributed by atoms with Gasteiger partial charge in [0.15, 0.2) is 0 Å². The van der Waals surface area contributed by atoms with Crippen LogP contribution in [0.5, 0.6) is 0 Å². The molecule has 106 valence electrons. The second-order valence-corrected chi connectivity index (χ2v) is 3.47. The van der Waals surface area contributed by atoms with Crippen molar-refractivity contribution in [2.75, 3.05) is 0 Å². The summed E-state index contributed by atoms with van der Waals surface area (Å²) < 4.78 is 0. The minimum absolute atomic E-state index is 1.25. The highest BCUT2D eigenvalue weighted by atomic mass is 13.7. The van der Waals surface area contributed by atoms with Crippen molar-refractivity contribution in [2.24, 2.45) is 0 Å². The van der Waals surface area contributed by atoms with Crippen LogP contribution >= 0.6 is 0 Å². The zero-order valence-electron chi connectivity index (χ0n) is 14.2. The first-order valence-electron chi connectivity index (χ1n) is 7.66.